The van der Waals surface area contributed by atoms with Gasteiger partial charge >= 0.3 is 0 Å². The number of hydrogen-bond donors (Lipinski definition) is 0. The molecule has 0 aliphatic rings. The van der Waals surface area contributed by atoms with Gasteiger partial charge in [0.05, 0.1) is 0 Å². The maximum atomic E-state index is 8.89. The molecule has 0 saturated heterocycles. The fourth-order valence-electron chi connectivity index (χ4n) is 0.939. The van der Waals surface area contributed by atoms with Gasteiger partial charge in [0.1, 0.15) is 6.54 Å². The smallest absolute Gasteiger partial charge is 0.169 e. The Labute approximate surface area is 85.0 Å². The molecule has 1 heterocycles. The van der Waals surface area contributed by atoms with Gasteiger partial charge in [0.2, 0.25) is 0 Å². The molecule has 0 aliphatic heterocycles. The lowest BCUT2D eigenvalue weighted by Crippen LogP contribution is -2.31. The summed E-state index contributed by atoms with van der Waals surface area (Å²) in [4.78, 5) is 8.89. The van der Waals surface area contributed by atoms with Crippen LogP contribution in [0.4, 0.5) is 0 Å². The van der Waals surface area contributed by atoms with E-state index in [1.807, 2.05) is 0 Å². The van der Waals surface area contributed by atoms with Crippen molar-refractivity contribution >= 4 is 5.97 Å². The fraction of sp³-hybridized carbons (Fsp3) is 0.455. The van der Waals surface area contributed by atoms with Gasteiger partial charge in [-0.25, -0.2) is 4.57 Å². The van der Waals surface area contributed by atoms with Crippen LogP contribution < -0.4 is 9.67 Å². The highest BCUT2D eigenvalue weighted by Gasteiger charge is 1.94. The highest BCUT2D eigenvalue weighted by atomic mass is 16.4. The summed E-state index contributed by atoms with van der Waals surface area (Å²) in [5, 5.41) is 8.89. The number of aryl methyl sites for hydroxylation is 2. The molecule has 0 spiro atoms. The summed E-state index contributed by atoms with van der Waals surface area (Å²) in [5.74, 6) is -1.08. The zero-order chi connectivity index (χ0) is 11.0. The molecule has 78 valence electrons. The topological polar surface area (TPSA) is 44.0 Å². The first-order valence-electron chi connectivity index (χ1n) is 4.69. The second-order valence-electron chi connectivity index (χ2n) is 3.10. The average molecular weight is 195 g/mol. The maximum absolute atomic E-state index is 8.89. The number of carboxylic acids is 1. The van der Waals surface area contributed by atoms with E-state index in [0.717, 1.165) is 13.5 Å². The van der Waals surface area contributed by atoms with E-state index >= 15 is 0 Å². The molecule has 0 aromatic carbocycles. The molecule has 0 saturated carbocycles. The Bertz CT molecular complexity index is 263. The predicted molar refractivity (Wildman–Crippen MR) is 52.3 cm³/mol. The molecule has 0 N–H and O–H groups in total. The van der Waals surface area contributed by atoms with Crippen molar-refractivity contribution in [1.29, 1.82) is 0 Å². The summed E-state index contributed by atoms with van der Waals surface area (Å²) in [6.45, 7) is 6.39. The van der Waals surface area contributed by atoms with Crippen LogP contribution in [0.3, 0.4) is 0 Å². The van der Waals surface area contributed by atoms with Crippen molar-refractivity contribution in [2.75, 3.05) is 0 Å². The van der Waals surface area contributed by atoms with Crippen LogP contribution in [0.1, 0.15) is 25.8 Å². The molecule has 0 amide bonds. The monoisotopic (exact) mass is 195 g/mol. The third kappa shape index (κ3) is 7.28. The van der Waals surface area contributed by atoms with E-state index in [9.17, 15) is 0 Å². The highest BCUT2D eigenvalue weighted by molar-refractivity contribution is 5.60. The van der Waals surface area contributed by atoms with Crippen LogP contribution in [0.2, 0.25) is 0 Å². The molecule has 0 atom stereocenters. The number of nitrogens with zero attached hydrogens (tertiary/aromatic N) is 1. The summed E-state index contributed by atoms with van der Waals surface area (Å²) in [5.41, 5.74) is 1.33. The van der Waals surface area contributed by atoms with Crippen LogP contribution in [0, 0.1) is 6.92 Å². The van der Waals surface area contributed by atoms with Crippen LogP contribution >= 0.6 is 0 Å². The SMILES string of the molecule is CC(=O)[O-].CCC[n+]1ccc(C)cc1. The molecular formula is C11H17NO2. The Balaban J connectivity index is 0.000000364. The molecule has 0 bridgehead atoms. The number of carboxylic acid groups (broad SMARTS) is 1. The molecule has 14 heavy (non-hydrogen) atoms. The van der Waals surface area contributed by atoms with Gasteiger partial charge in [-0.3, -0.25) is 0 Å². The maximum Gasteiger partial charge on any atom is 0.169 e. The quantitative estimate of drug-likeness (QED) is 0.643. The molecule has 0 aliphatic carbocycles. The molecule has 0 unspecified atom stereocenters. The van der Waals surface area contributed by atoms with Crippen molar-refractivity contribution in [1.82, 2.24) is 0 Å². The van der Waals surface area contributed by atoms with Crippen molar-refractivity contribution in [3.63, 3.8) is 0 Å². The summed E-state index contributed by atoms with van der Waals surface area (Å²) in [6, 6.07) is 4.27. The van der Waals surface area contributed by atoms with E-state index in [0.29, 0.717) is 0 Å². The number of aliphatic carboxylic acids is 1. The number of rotatable bonds is 2. The van der Waals surface area contributed by atoms with Crippen molar-refractivity contribution < 1.29 is 14.5 Å². The first kappa shape index (κ1) is 12.6. The van der Waals surface area contributed by atoms with E-state index < -0.39 is 5.97 Å². The third-order valence-corrected chi connectivity index (χ3v) is 1.54. The van der Waals surface area contributed by atoms with Crippen LogP contribution in [0.5, 0.6) is 0 Å². The predicted octanol–water partition coefficient (Wildman–Crippen LogP) is 0.449. The van der Waals surface area contributed by atoms with Gasteiger partial charge in [0, 0.05) is 24.5 Å². The number of hydrogen-bond acceptors (Lipinski definition) is 2. The summed E-state index contributed by atoms with van der Waals surface area (Å²) in [7, 11) is 0. The van der Waals surface area contributed by atoms with Crippen molar-refractivity contribution in [2.24, 2.45) is 0 Å². The van der Waals surface area contributed by atoms with Crippen LogP contribution in [-0.4, -0.2) is 5.97 Å². The lowest BCUT2D eigenvalue weighted by molar-refractivity contribution is -0.697. The number of carbonyl (C=O) groups excluding carboxylic acids is 1. The molecule has 3 heteroatoms. The minimum Gasteiger partial charge on any atom is -0.550 e. The van der Waals surface area contributed by atoms with Crippen molar-refractivity contribution in [3.05, 3.63) is 30.1 Å². The Morgan fingerprint density at radius 1 is 1.43 bits per heavy atom. The largest absolute Gasteiger partial charge is 0.550 e. The van der Waals surface area contributed by atoms with E-state index in [2.05, 4.69) is 42.9 Å². The van der Waals surface area contributed by atoms with Gasteiger partial charge in [-0.15, -0.1) is 0 Å². The van der Waals surface area contributed by atoms with Crippen LogP contribution in [0.15, 0.2) is 24.5 Å². The normalized spacial score (nSPS) is 8.79. The van der Waals surface area contributed by atoms with Gasteiger partial charge in [-0.2, -0.15) is 0 Å². The number of carbonyl (C=O) groups is 1. The Morgan fingerprint density at radius 2 is 1.86 bits per heavy atom. The summed E-state index contributed by atoms with van der Waals surface area (Å²) in [6.07, 6.45) is 5.45. The zero-order valence-corrected chi connectivity index (χ0v) is 8.99. The molecule has 1 rings (SSSR count). The lowest BCUT2D eigenvalue weighted by Gasteiger charge is -1.92. The van der Waals surface area contributed by atoms with Crippen molar-refractivity contribution in [2.45, 2.75) is 33.7 Å². The van der Waals surface area contributed by atoms with Gasteiger partial charge in [-0.1, -0.05) is 6.92 Å². The molecule has 1 aromatic rings. The standard InChI is InChI=1S/C9H14N.C2H4O2/c1-3-6-10-7-4-9(2)5-8-10;1-2(3)4/h4-5,7-8H,3,6H2,1-2H3;1H3,(H,3,4)/q+1;/p-1. The van der Waals surface area contributed by atoms with E-state index in [1.54, 1.807) is 0 Å². The lowest BCUT2D eigenvalue weighted by atomic mass is 10.3. The first-order valence-corrected chi connectivity index (χ1v) is 4.69. The second kappa shape index (κ2) is 7.06. The van der Waals surface area contributed by atoms with E-state index in [1.165, 1.54) is 12.0 Å². The molecule has 0 fully saturated rings. The summed E-state index contributed by atoms with van der Waals surface area (Å²) >= 11 is 0. The van der Waals surface area contributed by atoms with Gasteiger partial charge < -0.3 is 9.90 Å². The van der Waals surface area contributed by atoms with E-state index in [4.69, 9.17) is 9.90 Å². The summed E-state index contributed by atoms with van der Waals surface area (Å²) < 4.78 is 2.20. The van der Waals surface area contributed by atoms with Crippen LogP contribution in [0.25, 0.3) is 0 Å². The minimum absolute atomic E-state index is 0.972. The van der Waals surface area contributed by atoms with Gasteiger partial charge in [0.25, 0.3) is 0 Å². The third-order valence-electron chi connectivity index (χ3n) is 1.54. The second-order valence-corrected chi connectivity index (χ2v) is 3.10. The fourth-order valence-corrected chi connectivity index (χ4v) is 0.939. The number of aromatic nitrogens is 1. The molecule has 0 radical (unpaired) electrons. The molecule has 3 nitrogen and oxygen atoms in total. The minimum atomic E-state index is -1.08. The highest BCUT2D eigenvalue weighted by Crippen LogP contribution is 1.89. The van der Waals surface area contributed by atoms with Crippen molar-refractivity contribution in [3.8, 4) is 0 Å². The van der Waals surface area contributed by atoms with Gasteiger partial charge in [0.15, 0.2) is 12.4 Å². The van der Waals surface area contributed by atoms with Gasteiger partial charge in [-0.05, 0) is 19.4 Å². The first-order chi connectivity index (χ1) is 6.56. The number of pyridine rings is 1. The average Bonchev–Trinajstić information content (AvgIpc) is 2.08. The molecular weight excluding hydrogens is 178 g/mol. The Morgan fingerprint density at radius 3 is 2.21 bits per heavy atom. The van der Waals surface area contributed by atoms with Crippen LogP contribution in [-0.2, 0) is 11.3 Å². The molecule has 1 aromatic heterocycles. The van der Waals surface area contributed by atoms with E-state index in [-0.39, 0.29) is 0 Å². The zero-order valence-electron chi connectivity index (χ0n) is 8.99. The Hall–Kier alpha value is -1.38. The Kier molecular flexibility index (Phi) is 6.37.